The standard InChI is InChI=1S/C14H18N2/c1-4-8-14-11(5-1)9-13(16-14)10-15-12-6-2-3-7-12/h1,4-5,8-9,12,15-16H,2-3,6-7,10H2. The van der Waals surface area contributed by atoms with Gasteiger partial charge in [0.2, 0.25) is 0 Å². The first-order chi connectivity index (χ1) is 7.92. The monoisotopic (exact) mass is 214 g/mol. The van der Waals surface area contributed by atoms with Crippen molar-refractivity contribution in [3.63, 3.8) is 0 Å². The molecular weight excluding hydrogens is 196 g/mol. The number of fused-ring (bicyclic) bond motifs is 1. The fourth-order valence-electron chi connectivity index (χ4n) is 2.61. The van der Waals surface area contributed by atoms with E-state index in [2.05, 4.69) is 40.6 Å². The predicted octanol–water partition coefficient (Wildman–Crippen LogP) is 3.20. The zero-order chi connectivity index (χ0) is 10.8. The summed E-state index contributed by atoms with van der Waals surface area (Å²) in [6.07, 6.45) is 5.48. The van der Waals surface area contributed by atoms with E-state index < -0.39 is 0 Å². The van der Waals surface area contributed by atoms with Crippen LogP contribution in [0.25, 0.3) is 10.9 Å². The van der Waals surface area contributed by atoms with Crippen LogP contribution in [-0.2, 0) is 6.54 Å². The van der Waals surface area contributed by atoms with Crippen LogP contribution in [0.3, 0.4) is 0 Å². The lowest BCUT2D eigenvalue weighted by Gasteiger charge is -2.10. The van der Waals surface area contributed by atoms with Crippen molar-refractivity contribution in [2.45, 2.75) is 38.3 Å². The molecular formula is C14H18N2. The molecule has 2 aromatic rings. The summed E-state index contributed by atoms with van der Waals surface area (Å²) >= 11 is 0. The molecule has 1 aliphatic rings. The Morgan fingerprint density at radius 3 is 2.81 bits per heavy atom. The molecule has 0 saturated heterocycles. The number of aromatic amines is 1. The SMILES string of the molecule is c1ccc2[nH]c(CNC3CCCC3)cc2c1. The lowest BCUT2D eigenvalue weighted by atomic mass is 10.2. The third kappa shape index (κ3) is 1.98. The van der Waals surface area contributed by atoms with E-state index in [0.29, 0.717) is 0 Å². The number of nitrogens with one attached hydrogen (secondary N) is 2. The second-order valence-electron chi connectivity index (χ2n) is 4.74. The van der Waals surface area contributed by atoms with Gasteiger partial charge in [-0.25, -0.2) is 0 Å². The van der Waals surface area contributed by atoms with Crippen molar-refractivity contribution in [2.24, 2.45) is 0 Å². The highest BCUT2D eigenvalue weighted by Gasteiger charge is 2.13. The lowest BCUT2D eigenvalue weighted by Crippen LogP contribution is -2.25. The minimum absolute atomic E-state index is 0.742. The minimum atomic E-state index is 0.742. The van der Waals surface area contributed by atoms with E-state index in [1.54, 1.807) is 0 Å². The number of H-pyrrole nitrogens is 1. The summed E-state index contributed by atoms with van der Waals surface area (Å²) in [5, 5.41) is 4.94. The topological polar surface area (TPSA) is 27.8 Å². The summed E-state index contributed by atoms with van der Waals surface area (Å²) < 4.78 is 0. The average molecular weight is 214 g/mol. The van der Waals surface area contributed by atoms with Crippen molar-refractivity contribution in [2.75, 3.05) is 0 Å². The van der Waals surface area contributed by atoms with Crippen molar-refractivity contribution in [3.8, 4) is 0 Å². The zero-order valence-electron chi connectivity index (χ0n) is 9.50. The Morgan fingerprint density at radius 1 is 1.19 bits per heavy atom. The van der Waals surface area contributed by atoms with E-state index in [1.807, 2.05) is 0 Å². The van der Waals surface area contributed by atoms with Gasteiger partial charge in [0.1, 0.15) is 0 Å². The van der Waals surface area contributed by atoms with E-state index in [1.165, 1.54) is 42.3 Å². The van der Waals surface area contributed by atoms with Gasteiger partial charge in [0.25, 0.3) is 0 Å². The van der Waals surface area contributed by atoms with Crippen molar-refractivity contribution in [1.29, 1.82) is 0 Å². The maximum Gasteiger partial charge on any atom is 0.0456 e. The van der Waals surface area contributed by atoms with Crippen molar-refractivity contribution in [3.05, 3.63) is 36.0 Å². The highest BCUT2D eigenvalue weighted by molar-refractivity contribution is 5.80. The van der Waals surface area contributed by atoms with Gasteiger partial charge in [0, 0.05) is 23.8 Å². The first-order valence-electron chi connectivity index (χ1n) is 6.22. The molecule has 3 rings (SSSR count). The second-order valence-corrected chi connectivity index (χ2v) is 4.74. The molecule has 2 heteroatoms. The van der Waals surface area contributed by atoms with Crippen molar-refractivity contribution >= 4 is 10.9 Å². The van der Waals surface area contributed by atoms with Crippen LogP contribution in [0, 0.1) is 0 Å². The maximum atomic E-state index is 3.63. The largest absolute Gasteiger partial charge is 0.357 e. The third-order valence-corrected chi connectivity index (χ3v) is 3.52. The Labute approximate surface area is 96.1 Å². The van der Waals surface area contributed by atoms with Crippen LogP contribution in [0.2, 0.25) is 0 Å². The van der Waals surface area contributed by atoms with Gasteiger partial charge in [-0.2, -0.15) is 0 Å². The van der Waals surface area contributed by atoms with Gasteiger partial charge in [0.05, 0.1) is 0 Å². The summed E-state index contributed by atoms with van der Waals surface area (Å²) in [4.78, 5) is 3.46. The fraction of sp³-hybridized carbons (Fsp3) is 0.429. The predicted molar refractivity (Wildman–Crippen MR) is 67.4 cm³/mol. The second kappa shape index (κ2) is 4.30. The Kier molecular flexibility index (Phi) is 2.66. The van der Waals surface area contributed by atoms with E-state index in [4.69, 9.17) is 0 Å². The van der Waals surface area contributed by atoms with E-state index in [-0.39, 0.29) is 0 Å². The third-order valence-electron chi connectivity index (χ3n) is 3.52. The molecule has 1 heterocycles. The molecule has 1 aromatic heterocycles. The number of hydrogen-bond donors (Lipinski definition) is 2. The lowest BCUT2D eigenvalue weighted by molar-refractivity contribution is 0.520. The number of rotatable bonds is 3. The van der Waals surface area contributed by atoms with Crippen LogP contribution in [0.5, 0.6) is 0 Å². The molecule has 1 fully saturated rings. The summed E-state index contributed by atoms with van der Waals surface area (Å²) in [6, 6.07) is 11.4. The fourth-order valence-corrected chi connectivity index (χ4v) is 2.61. The van der Waals surface area contributed by atoms with Gasteiger partial charge in [0.15, 0.2) is 0 Å². The molecule has 0 aliphatic heterocycles. The Morgan fingerprint density at radius 2 is 2.00 bits per heavy atom. The molecule has 1 aromatic carbocycles. The molecule has 1 aliphatic carbocycles. The van der Waals surface area contributed by atoms with E-state index in [0.717, 1.165) is 12.6 Å². The summed E-state index contributed by atoms with van der Waals surface area (Å²) in [7, 11) is 0. The quantitative estimate of drug-likeness (QED) is 0.806. The normalized spacial score (nSPS) is 17.2. The highest BCUT2D eigenvalue weighted by Crippen LogP contribution is 2.19. The molecule has 0 bridgehead atoms. The van der Waals surface area contributed by atoms with E-state index >= 15 is 0 Å². The van der Waals surface area contributed by atoms with Gasteiger partial charge in [-0.15, -0.1) is 0 Å². The summed E-state index contributed by atoms with van der Waals surface area (Å²) in [6.45, 7) is 0.972. The van der Waals surface area contributed by atoms with Gasteiger partial charge in [-0.05, 0) is 30.4 Å². The smallest absolute Gasteiger partial charge is 0.0456 e. The maximum absolute atomic E-state index is 3.63. The van der Waals surface area contributed by atoms with E-state index in [9.17, 15) is 0 Å². The Balaban J connectivity index is 1.69. The molecule has 0 unspecified atom stereocenters. The molecule has 2 N–H and O–H groups in total. The number of aromatic nitrogens is 1. The van der Waals surface area contributed by atoms with Crippen LogP contribution in [0.15, 0.2) is 30.3 Å². The molecule has 84 valence electrons. The van der Waals surface area contributed by atoms with Crippen LogP contribution in [0.4, 0.5) is 0 Å². The van der Waals surface area contributed by atoms with Crippen LogP contribution < -0.4 is 5.32 Å². The zero-order valence-corrected chi connectivity index (χ0v) is 9.50. The number of benzene rings is 1. The minimum Gasteiger partial charge on any atom is -0.357 e. The van der Waals surface area contributed by atoms with Crippen LogP contribution in [0.1, 0.15) is 31.4 Å². The van der Waals surface area contributed by atoms with Gasteiger partial charge >= 0.3 is 0 Å². The first-order valence-corrected chi connectivity index (χ1v) is 6.22. The van der Waals surface area contributed by atoms with Crippen molar-refractivity contribution < 1.29 is 0 Å². The van der Waals surface area contributed by atoms with Gasteiger partial charge in [-0.1, -0.05) is 31.0 Å². The Hall–Kier alpha value is -1.28. The first kappa shape index (κ1) is 9.91. The highest BCUT2D eigenvalue weighted by atomic mass is 14.9. The molecule has 0 atom stereocenters. The van der Waals surface area contributed by atoms with Gasteiger partial charge < -0.3 is 10.3 Å². The molecule has 0 spiro atoms. The molecule has 1 saturated carbocycles. The van der Waals surface area contributed by atoms with Crippen molar-refractivity contribution in [1.82, 2.24) is 10.3 Å². The Bertz CT molecular complexity index is 433. The number of para-hydroxylation sites is 1. The molecule has 2 nitrogen and oxygen atoms in total. The molecule has 0 amide bonds. The average Bonchev–Trinajstić information content (AvgIpc) is 2.95. The summed E-state index contributed by atoms with van der Waals surface area (Å²) in [5.74, 6) is 0. The molecule has 16 heavy (non-hydrogen) atoms. The van der Waals surface area contributed by atoms with Crippen LogP contribution in [-0.4, -0.2) is 11.0 Å². The molecule has 0 radical (unpaired) electrons. The van der Waals surface area contributed by atoms with Crippen LogP contribution >= 0.6 is 0 Å². The number of hydrogen-bond acceptors (Lipinski definition) is 1. The van der Waals surface area contributed by atoms with Gasteiger partial charge in [-0.3, -0.25) is 0 Å². The summed E-state index contributed by atoms with van der Waals surface area (Å²) in [5.41, 5.74) is 2.54.